The number of ether oxygens (including phenoxy) is 1. The topological polar surface area (TPSA) is 132 Å². The first-order chi connectivity index (χ1) is 25.3. The molecule has 1 spiro atoms. The highest BCUT2D eigenvalue weighted by molar-refractivity contribution is 5.97. The summed E-state index contributed by atoms with van der Waals surface area (Å²) in [5.41, 5.74) is 8.68. The summed E-state index contributed by atoms with van der Waals surface area (Å²) in [4.78, 5) is 37.6. The van der Waals surface area contributed by atoms with E-state index in [1.165, 1.54) is 5.56 Å². The zero-order valence-corrected chi connectivity index (χ0v) is 29.5. The number of carbonyl (C=O) groups excluding carboxylic acids is 2. The summed E-state index contributed by atoms with van der Waals surface area (Å²) in [6.07, 6.45) is 6.07. The van der Waals surface area contributed by atoms with Crippen LogP contribution in [0.5, 0.6) is 5.75 Å². The van der Waals surface area contributed by atoms with Gasteiger partial charge in [0.05, 0.1) is 6.20 Å². The minimum Gasteiger partial charge on any atom is -0.469 e. The monoisotopic (exact) mass is 693 g/mol. The Balaban J connectivity index is 1.26. The van der Waals surface area contributed by atoms with Gasteiger partial charge in [-0.15, -0.1) is 0 Å². The van der Waals surface area contributed by atoms with E-state index < -0.39 is 23.7 Å². The normalized spacial score (nSPS) is 23.3. The van der Waals surface area contributed by atoms with Crippen molar-refractivity contribution in [1.82, 2.24) is 20.6 Å². The van der Waals surface area contributed by atoms with Gasteiger partial charge in [0.15, 0.2) is 23.4 Å². The number of anilines is 1. The van der Waals surface area contributed by atoms with Gasteiger partial charge in [0.1, 0.15) is 23.2 Å². The number of aromatic nitrogens is 2. The second-order valence-corrected chi connectivity index (χ2v) is 15.1. The summed E-state index contributed by atoms with van der Waals surface area (Å²) in [5.74, 6) is 1.77. The van der Waals surface area contributed by atoms with Gasteiger partial charge in [-0.05, 0) is 47.1 Å². The van der Waals surface area contributed by atoms with Crippen LogP contribution in [0.15, 0.2) is 75.7 Å². The molecule has 3 unspecified atom stereocenters. The highest BCUT2D eigenvalue weighted by Gasteiger charge is 2.61. The Morgan fingerprint density at radius 2 is 1.88 bits per heavy atom. The van der Waals surface area contributed by atoms with Gasteiger partial charge in [-0.1, -0.05) is 88.7 Å². The van der Waals surface area contributed by atoms with Crippen LogP contribution in [0.1, 0.15) is 91.8 Å². The van der Waals surface area contributed by atoms with E-state index in [1.807, 2.05) is 32.9 Å². The van der Waals surface area contributed by atoms with E-state index >= 15 is 0 Å². The van der Waals surface area contributed by atoms with Gasteiger partial charge in [0.2, 0.25) is 23.6 Å². The molecule has 2 aromatic heterocycles. The number of oxazole rings is 2. The second kappa shape index (κ2) is 11.2. The Morgan fingerprint density at radius 3 is 2.73 bits per heavy atom. The molecule has 10 heteroatoms. The SMILES string of the molecule is CCCC(C)C(=O)NC1Cc2ccc3c(c2)C24c5cccc(c5N[C@H]2O3)-c2cccc3c2C(=CC3)c2cnc(o2)-c2nc(oc24)[C@H](C(C)C)NC1=O. The highest BCUT2D eigenvalue weighted by Crippen LogP contribution is 2.61. The number of nitrogens with zero attached hydrogens (tertiary/aromatic N) is 2. The molecule has 4 aliphatic heterocycles. The van der Waals surface area contributed by atoms with Crippen molar-refractivity contribution >= 4 is 23.1 Å². The zero-order chi connectivity index (χ0) is 35.5. The summed E-state index contributed by atoms with van der Waals surface area (Å²) >= 11 is 0. The molecule has 1 aliphatic carbocycles. The molecule has 0 saturated heterocycles. The van der Waals surface area contributed by atoms with Crippen LogP contribution < -0.4 is 20.7 Å². The van der Waals surface area contributed by atoms with Gasteiger partial charge >= 0.3 is 0 Å². The van der Waals surface area contributed by atoms with Crippen molar-refractivity contribution in [2.45, 2.75) is 77.1 Å². The number of fused-ring (bicyclic) bond motifs is 7. The number of hydrogen-bond donors (Lipinski definition) is 3. The minimum atomic E-state index is -0.999. The third-order valence-electron chi connectivity index (χ3n) is 11.6. The molecule has 262 valence electrons. The Morgan fingerprint density at radius 1 is 1.04 bits per heavy atom. The molecule has 5 atom stereocenters. The number of carbonyl (C=O) groups is 2. The van der Waals surface area contributed by atoms with E-state index in [4.69, 9.17) is 23.5 Å². The molecule has 10 bridgehead atoms. The summed E-state index contributed by atoms with van der Waals surface area (Å²) in [5, 5.41) is 10.1. The maximum Gasteiger partial charge on any atom is 0.249 e. The van der Waals surface area contributed by atoms with Crippen LogP contribution in [-0.2, 0) is 27.8 Å². The lowest BCUT2D eigenvalue weighted by atomic mass is 9.72. The predicted octanol–water partition coefficient (Wildman–Crippen LogP) is 7.07. The van der Waals surface area contributed by atoms with Gasteiger partial charge in [-0.25, -0.2) is 9.97 Å². The quantitative estimate of drug-likeness (QED) is 0.178. The van der Waals surface area contributed by atoms with E-state index in [2.05, 4.69) is 71.4 Å². The number of rotatable bonds is 5. The largest absolute Gasteiger partial charge is 0.469 e. The Labute approximate surface area is 301 Å². The fourth-order valence-electron chi connectivity index (χ4n) is 8.98. The van der Waals surface area contributed by atoms with Gasteiger partial charge in [-0.3, -0.25) is 9.59 Å². The van der Waals surface area contributed by atoms with E-state index in [1.54, 1.807) is 6.20 Å². The lowest BCUT2D eigenvalue weighted by Crippen LogP contribution is -2.50. The highest BCUT2D eigenvalue weighted by atomic mass is 16.5. The molecule has 3 N–H and O–H groups in total. The van der Waals surface area contributed by atoms with Crippen molar-refractivity contribution in [3.8, 4) is 28.5 Å². The van der Waals surface area contributed by atoms with Crippen LogP contribution in [0.2, 0.25) is 0 Å². The number of hydrogen-bond acceptors (Lipinski definition) is 8. The zero-order valence-electron chi connectivity index (χ0n) is 29.5. The summed E-state index contributed by atoms with van der Waals surface area (Å²) in [6, 6.07) is 17.5. The van der Waals surface area contributed by atoms with Crippen LogP contribution in [0.3, 0.4) is 0 Å². The fraction of sp³-hybridized carbons (Fsp3) is 0.333. The van der Waals surface area contributed by atoms with E-state index in [0.717, 1.165) is 63.9 Å². The van der Waals surface area contributed by atoms with Gasteiger partial charge in [0, 0.05) is 40.3 Å². The van der Waals surface area contributed by atoms with Gasteiger partial charge < -0.3 is 29.5 Å². The lowest BCUT2D eigenvalue weighted by Gasteiger charge is -2.29. The molecule has 0 saturated carbocycles. The molecule has 5 aliphatic rings. The number of amides is 2. The van der Waals surface area contributed by atoms with Crippen molar-refractivity contribution in [3.05, 3.63) is 112 Å². The van der Waals surface area contributed by atoms with E-state index in [0.29, 0.717) is 41.2 Å². The summed E-state index contributed by atoms with van der Waals surface area (Å²) in [6.45, 7) is 7.99. The fourth-order valence-corrected chi connectivity index (χ4v) is 8.98. The van der Waals surface area contributed by atoms with Gasteiger partial charge in [0.25, 0.3) is 0 Å². The molecule has 0 fully saturated rings. The van der Waals surface area contributed by atoms with Crippen LogP contribution >= 0.6 is 0 Å². The Bertz CT molecular complexity index is 2370. The minimum absolute atomic E-state index is 0.109. The van der Waals surface area contributed by atoms with Crippen molar-refractivity contribution in [2.75, 3.05) is 5.32 Å². The lowest BCUT2D eigenvalue weighted by molar-refractivity contribution is -0.131. The second-order valence-electron chi connectivity index (χ2n) is 15.1. The third kappa shape index (κ3) is 4.23. The first-order valence-electron chi connectivity index (χ1n) is 18.4. The molecule has 3 aromatic carbocycles. The average Bonchev–Trinajstić information content (AvgIpc) is 3.96. The summed E-state index contributed by atoms with van der Waals surface area (Å²) < 4.78 is 20.6. The molecule has 6 heterocycles. The Kier molecular flexibility index (Phi) is 6.69. The third-order valence-corrected chi connectivity index (χ3v) is 11.6. The standard InChI is InChI=1S/C42H39N5O5/c1-5-8-21(4)37(48)44-29-18-22-13-16-30-28(17-22)42-27-12-7-11-25(34(27)47-41(42)51-30)24-10-6-9-23-14-15-26(32(23)24)31-19-43-39(50-31)35-36(42)52-40(46-35)33(20(2)3)45-38(29)49/h6-7,9-13,15-17,19-21,29,33,41,47H,5,8,14,18H2,1-4H3,(H,44,48)(H,45,49)/t21?,29?,33-,41-,42?/m0/s1. The van der Waals surface area contributed by atoms with Gasteiger partial charge in [-0.2, -0.15) is 0 Å². The predicted molar refractivity (Wildman–Crippen MR) is 194 cm³/mol. The number of para-hydroxylation sites is 1. The molecular formula is C42H39N5O5. The maximum atomic E-state index is 14.2. The van der Waals surface area contributed by atoms with Crippen LogP contribution in [-0.4, -0.2) is 34.1 Å². The van der Waals surface area contributed by atoms with E-state index in [-0.39, 0.29) is 23.7 Å². The van der Waals surface area contributed by atoms with Crippen molar-refractivity contribution in [1.29, 1.82) is 0 Å². The molecule has 10 rings (SSSR count). The molecule has 0 radical (unpaired) electrons. The molecular weight excluding hydrogens is 654 g/mol. The van der Waals surface area contributed by atoms with Crippen molar-refractivity contribution in [3.63, 3.8) is 0 Å². The first kappa shape index (κ1) is 31.1. The molecule has 2 amide bonds. The molecule has 5 aromatic rings. The van der Waals surface area contributed by atoms with Crippen LogP contribution in [0, 0.1) is 11.8 Å². The summed E-state index contributed by atoms with van der Waals surface area (Å²) in [7, 11) is 0. The Hall–Kier alpha value is -5.64. The number of allylic oxidation sites excluding steroid dienone is 1. The number of nitrogens with one attached hydrogen (secondary N) is 3. The van der Waals surface area contributed by atoms with Crippen molar-refractivity contribution in [2.24, 2.45) is 11.8 Å². The average molecular weight is 694 g/mol. The maximum absolute atomic E-state index is 14.2. The van der Waals surface area contributed by atoms with E-state index in [9.17, 15) is 9.59 Å². The first-order valence-corrected chi connectivity index (χ1v) is 18.4. The van der Waals surface area contributed by atoms with Crippen molar-refractivity contribution < 1.29 is 23.2 Å². The van der Waals surface area contributed by atoms with Crippen LogP contribution in [0.4, 0.5) is 5.69 Å². The molecule has 52 heavy (non-hydrogen) atoms. The van der Waals surface area contributed by atoms with Crippen LogP contribution in [0.25, 0.3) is 28.3 Å². The molecule has 10 nitrogen and oxygen atoms in total. The smallest absolute Gasteiger partial charge is 0.249 e. The number of benzene rings is 3.